The summed E-state index contributed by atoms with van der Waals surface area (Å²) in [4.78, 5) is 13.9. The summed E-state index contributed by atoms with van der Waals surface area (Å²) in [6.45, 7) is 6.87. The first-order valence-corrected chi connectivity index (χ1v) is 12.5. The molecule has 0 aromatic heterocycles. The summed E-state index contributed by atoms with van der Waals surface area (Å²) >= 11 is 5.94. The lowest BCUT2D eigenvalue weighted by Crippen LogP contribution is -2.51. The maximum atomic E-state index is 12.4. The summed E-state index contributed by atoms with van der Waals surface area (Å²) < 4.78 is 69.9. The molecule has 1 aliphatic rings. The lowest BCUT2D eigenvalue weighted by molar-refractivity contribution is -0.274. The number of halogens is 5. The molecule has 0 saturated carbocycles. The SMILES string of the molecule is CC.CF.Cc1cc(C(=O)NS(C)=O)ccc1OCC1CCN1c1ccc(OC(F)(F)F)c(Cl)c1. The molecule has 1 aliphatic heterocycles. The van der Waals surface area contributed by atoms with E-state index in [0.29, 0.717) is 30.8 Å². The molecule has 0 bridgehead atoms. The molecule has 2 aromatic carbocycles. The van der Waals surface area contributed by atoms with Gasteiger partial charge in [0, 0.05) is 24.1 Å². The van der Waals surface area contributed by atoms with Crippen molar-refractivity contribution < 1.29 is 36.0 Å². The summed E-state index contributed by atoms with van der Waals surface area (Å²) in [7, 11) is -0.951. The summed E-state index contributed by atoms with van der Waals surface area (Å²) in [5.74, 6) is -0.277. The van der Waals surface area contributed by atoms with Gasteiger partial charge in [0.2, 0.25) is 0 Å². The molecule has 1 amide bonds. The van der Waals surface area contributed by atoms with Gasteiger partial charge in [-0.25, -0.2) is 4.21 Å². The summed E-state index contributed by atoms with van der Waals surface area (Å²) in [5, 5.41) is -0.126. The predicted octanol–water partition coefficient (Wildman–Crippen LogP) is 5.84. The number of alkyl halides is 4. The van der Waals surface area contributed by atoms with E-state index in [4.69, 9.17) is 16.3 Å². The van der Waals surface area contributed by atoms with Gasteiger partial charge >= 0.3 is 6.36 Å². The average Bonchev–Trinajstić information content (AvgIpc) is 2.77. The molecular formula is C23H29ClF4N2O4S. The van der Waals surface area contributed by atoms with E-state index in [1.165, 1.54) is 24.5 Å². The van der Waals surface area contributed by atoms with E-state index in [1.54, 1.807) is 25.1 Å². The molecule has 1 fully saturated rings. The fourth-order valence-corrected chi connectivity index (χ4v) is 3.75. The third-order valence-corrected chi connectivity index (χ3v) is 5.49. The van der Waals surface area contributed by atoms with E-state index in [9.17, 15) is 26.6 Å². The molecule has 1 saturated heterocycles. The topological polar surface area (TPSA) is 67.9 Å². The van der Waals surface area contributed by atoms with E-state index < -0.39 is 29.0 Å². The molecule has 196 valence electrons. The van der Waals surface area contributed by atoms with E-state index in [-0.39, 0.29) is 11.1 Å². The van der Waals surface area contributed by atoms with Crippen molar-refractivity contribution in [1.29, 1.82) is 0 Å². The Bertz CT molecular complexity index is 1010. The Morgan fingerprint density at radius 2 is 1.80 bits per heavy atom. The number of ether oxygens (including phenoxy) is 2. The minimum absolute atomic E-state index is 0.0235. The Hall–Kier alpha value is -2.53. The van der Waals surface area contributed by atoms with Gasteiger partial charge in [-0.3, -0.25) is 13.9 Å². The Kier molecular flexibility index (Phi) is 12.3. The molecule has 1 heterocycles. The number of hydrogen-bond donors (Lipinski definition) is 1. The molecule has 2 unspecified atom stereocenters. The molecule has 1 N–H and O–H groups in total. The van der Waals surface area contributed by atoms with Crippen molar-refractivity contribution in [3.8, 4) is 11.5 Å². The Morgan fingerprint density at radius 3 is 2.29 bits per heavy atom. The highest BCUT2D eigenvalue weighted by molar-refractivity contribution is 7.82. The quantitative estimate of drug-likeness (QED) is 0.447. The van der Waals surface area contributed by atoms with E-state index in [2.05, 4.69) is 9.46 Å². The Labute approximate surface area is 210 Å². The van der Waals surface area contributed by atoms with Crippen LogP contribution in [0, 0.1) is 6.92 Å². The second-order valence-corrected chi connectivity index (χ2v) is 8.49. The second-order valence-electron chi connectivity index (χ2n) is 6.98. The van der Waals surface area contributed by atoms with Gasteiger partial charge in [0.15, 0.2) is 0 Å². The summed E-state index contributed by atoms with van der Waals surface area (Å²) in [5.41, 5.74) is 1.80. The van der Waals surface area contributed by atoms with Crippen LogP contribution in [0.2, 0.25) is 5.02 Å². The van der Waals surface area contributed by atoms with E-state index >= 15 is 0 Å². The highest BCUT2D eigenvalue weighted by atomic mass is 35.5. The third kappa shape index (κ3) is 9.21. The monoisotopic (exact) mass is 540 g/mol. The zero-order valence-electron chi connectivity index (χ0n) is 20.0. The second kappa shape index (κ2) is 14.1. The van der Waals surface area contributed by atoms with Crippen molar-refractivity contribution in [3.63, 3.8) is 0 Å². The zero-order chi connectivity index (χ0) is 26.8. The smallest absolute Gasteiger partial charge is 0.491 e. The minimum atomic E-state index is -4.81. The molecule has 12 heteroatoms. The van der Waals surface area contributed by atoms with Crippen molar-refractivity contribution in [3.05, 3.63) is 52.5 Å². The lowest BCUT2D eigenvalue weighted by Gasteiger charge is -2.42. The van der Waals surface area contributed by atoms with Crippen molar-refractivity contribution in [1.82, 2.24) is 4.72 Å². The van der Waals surface area contributed by atoms with Crippen LogP contribution < -0.4 is 19.1 Å². The number of carbonyl (C=O) groups is 1. The molecule has 0 aliphatic carbocycles. The number of benzene rings is 2. The molecule has 0 radical (unpaired) electrons. The number of hydrogen-bond acceptors (Lipinski definition) is 5. The first-order chi connectivity index (χ1) is 16.5. The van der Waals surface area contributed by atoms with Crippen LogP contribution in [0.25, 0.3) is 0 Å². The molecular weight excluding hydrogens is 512 g/mol. The number of nitrogens with zero attached hydrogens (tertiary/aromatic N) is 1. The van der Waals surface area contributed by atoms with Crippen molar-refractivity contribution in [2.45, 2.75) is 39.6 Å². The number of carbonyl (C=O) groups excluding carboxylic acids is 1. The predicted molar refractivity (Wildman–Crippen MR) is 130 cm³/mol. The molecule has 35 heavy (non-hydrogen) atoms. The van der Waals surface area contributed by atoms with Gasteiger partial charge in [-0.2, -0.15) is 0 Å². The fraction of sp³-hybridized carbons (Fsp3) is 0.435. The van der Waals surface area contributed by atoms with Gasteiger partial charge < -0.3 is 14.4 Å². The number of anilines is 1. The van der Waals surface area contributed by atoms with Gasteiger partial charge in [-0.05, 0) is 55.3 Å². The fourth-order valence-electron chi connectivity index (χ4n) is 3.16. The molecule has 2 aromatic rings. The van der Waals surface area contributed by atoms with Crippen molar-refractivity contribution in [2.24, 2.45) is 0 Å². The highest BCUT2D eigenvalue weighted by Gasteiger charge is 2.33. The first kappa shape index (κ1) is 30.5. The van der Waals surface area contributed by atoms with Crippen molar-refractivity contribution >= 4 is 34.2 Å². The molecule has 3 rings (SSSR count). The van der Waals surface area contributed by atoms with Crippen LogP contribution in [0.4, 0.5) is 23.2 Å². The standard InChI is InChI=1S/C20H20ClF3N2O4S.C2H6.CH3F/c1-12-9-13(19(27)25-31(2)28)3-5-17(12)29-11-15-7-8-26(15)14-4-6-18(16(21)10-14)30-20(22,23)24;2*1-2/h3-6,9-10,15H,7-8,11H2,1-2H3,(H,25,27);1-2H3;1H3. The van der Waals surface area contributed by atoms with Crippen LogP contribution >= 0.6 is 11.6 Å². The number of amides is 1. The third-order valence-electron chi connectivity index (χ3n) is 4.72. The van der Waals surface area contributed by atoms with Crippen LogP contribution in [0.3, 0.4) is 0 Å². The highest BCUT2D eigenvalue weighted by Crippen LogP contribution is 2.36. The van der Waals surface area contributed by atoms with E-state index in [0.717, 1.165) is 18.5 Å². The largest absolute Gasteiger partial charge is 0.573 e. The Morgan fingerprint density at radius 1 is 1.17 bits per heavy atom. The van der Waals surface area contributed by atoms with Crippen LogP contribution in [0.1, 0.15) is 36.2 Å². The van der Waals surface area contributed by atoms with Gasteiger partial charge in [0.05, 0.1) is 18.2 Å². The minimum Gasteiger partial charge on any atom is -0.491 e. The first-order valence-electron chi connectivity index (χ1n) is 10.6. The van der Waals surface area contributed by atoms with Gasteiger partial charge in [-0.15, -0.1) is 13.2 Å². The van der Waals surface area contributed by atoms with Crippen LogP contribution in [0.15, 0.2) is 36.4 Å². The number of aryl methyl sites for hydroxylation is 1. The maximum Gasteiger partial charge on any atom is 0.573 e. The lowest BCUT2D eigenvalue weighted by atomic mass is 10.0. The van der Waals surface area contributed by atoms with Gasteiger partial charge in [-0.1, -0.05) is 25.4 Å². The van der Waals surface area contributed by atoms with Gasteiger partial charge in [0.25, 0.3) is 5.91 Å². The van der Waals surface area contributed by atoms with Crippen molar-refractivity contribution in [2.75, 3.05) is 31.5 Å². The molecule has 6 nitrogen and oxygen atoms in total. The van der Waals surface area contributed by atoms with E-state index in [1.807, 2.05) is 18.7 Å². The normalized spacial score (nSPS) is 15.4. The molecule has 0 spiro atoms. The van der Waals surface area contributed by atoms with Crippen LogP contribution in [0.5, 0.6) is 11.5 Å². The Balaban J connectivity index is 0.00000145. The summed E-state index contributed by atoms with van der Waals surface area (Å²) in [6.07, 6.45) is -2.59. The summed E-state index contributed by atoms with van der Waals surface area (Å²) in [6, 6.07) is 9.08. The number of nitrogens with one attached hydrogen (secondary N) is 1. The molecule has 2 atom stereocenters. The van der Waals surface area contributed by atoms with Crippen LogP contribution in [-0.4, -0.2) is 49.1 Å². The zero-order valence-corrected chi connectivity index (χ0v) is 21.6. The average molecular weight is 541 g/mol. The van der Waals surface area contributed by atoms with Gasteiger partial charge in [0.1, 0.15) is 29.1 Å². The van der Waals surface area contributed by atoms with Crippen LogP contribution in [-0.2, 0) is 11.0 Å². The maximum absolute atomic E-state index is 12.4. The number of rotatable bonds is 7.